The predicted molar refractivity (Wildman–Crippen MR) is 92.2 cm³/mol. The number of hydrogen-bond acceptors (Lipinski definition) is 7. The summed E-state index contributed by atoms with van der Waals surface area (Å²) in [6.45, 7) is 2.66. The second kappa shape index (κ2) is 7.06. The number of hydrogen-bond donors (Lipinski definition) is 0. The van der Waals surface area contributed by atoms with Gasteiger partial charge in [0.2, 0.25) is 5.88 Å². The van der Waals surface area contributed by atoms with Crippen LogP contribution in [-0.2, 0) is 14.9 Å². The van der Waals surface area contributed by atoms with Gasteiger partial charge in [-0.2, -0.15) is 21.5 Å². The van der Waals surface area contributed by atoms with Gasteiger partial charge in [0.05, 0.1) is 20.3 Å². The zero-order valence-corrected chi connectivity index (χ0v) is 15.4. The van der Waals surface area contributed by atoms with Gasteiger partial charge < -0.3 is 9.47 Å². The second-order valence-electron chi connectivity index (χ2n) is 6.40. The monoisotopic (exact) mass is 382 g/mol. The molecule has 11 heteroatoms. The highest BCUT2D eigenvalue weighted by Crippen LogP contribution is 2.29. The Morgan fingerprint density at radius 3 is 2.46 bits per heavy atom. The number of methoxy groups -OCH3 is 1. The molecule has 0 spiro atoms. The molecule has 0 unspecified atom stereocenters. The molecule has 26 heavy (non-hydrogen) atoms. The lowest BCUT2D eigenvalue weighted by molar-refractivity contribution is 0.0696. The summed E-state index contributed by atoms with van der Waals surface area (Å²) in [6.07, 6.45) is 1.37. The summed E-state index contributed by atoms with van der Waals surface area (Å²) in [5.41, 5.74) is 0.657. The Balaban J connectivity index is 1.48. The number of fused-ring (bicyclic) bond motifs is 1. The van der Waals surface area contributed by atoms with Crippen LogP contribution < -0.4 is 4.74 Å². The van der Waals surface area contributed by atoms with Gasteiger partial charge in [-0.25, -0.2) is 0 Å². The highest BCUT2D eigenvalue weighted by atomic mass is 32.2. The third-order valence-electron chi connectivity index (χ3n) is 4.91. The van der Waals surface area contributed by atoms with Crippen LogP contribution in [0, 0.1) is 0 Å². The molecule has 4 rings (SSSR count). The number of piperidine rings is 1. The van der Waals surface area contributed by atoms with Crippen molar-refractivity contribution in [1.29, 1.82) is 0 Å². The van der Waals surface area contributed by atoms with Gasteiger partial charge in [0.15, 0.2) is 11.5 Å². The molecule has 4 heterocycles. The standard InChI is InChI=1S/C15H22N6O4S/c1-24-14-3-2-13-16-17-15(21(13)18-14)12-4-6-19(7-5-12)26(22,23)20-8-10-25-11-9-20/h2-3,12H,4-11H2,1H3. The Hall–Kier alpha value is -1.82. The molecule has 0 atom stereocenters. The van der Waals surface area contributed by atoms with Crippen molar-refractivity contribution in [1.82, 2.24) is 28.4 Å². The van der Waals surface area contributed by atoms with Gasteiger partial charge >= 0.3 is 0 Å². The summed E-state index contributed by atoms with van der Waals surface area (Å²) >= 11 is 0. The first kappa shape index (κ1) is 17.6. The molecule has 2 aliphatic heterocycles. The lowest BCUT2D eigenvalue weighted by Crippen LogP contribution is -2.50. The maximum absolute atomic E-state index is 12.8. The minimum atomic E-state index is -3.42. The van der Waals surface area contributed by atoms with E-state index < -0.39 is 10.2 Å². The molecule has 0 bridgehead atoms. The molecule has 0 N–H and O–H groups in total. The number of rotatable bonds is 4. The molecule has 0 saturated carbocycles. The highest BCUT2D eigenvalue weighted by molar-refractivity contribution is 7.86. The minimum Gasteiger partial charge on any atom is -0.480 e. The summed E-state index contributed by atoms with van der Waals surface area (Å²) < 4.78 is 40.7. The summed E-state index contributed by atoms with van der Waals surface area (Å²) in [6, 6.07) is 3.55. The molecular weight excluding hydrogens is 360 g/mol. The van der Waals surface area contributed by atoms with Crippen molar-refractivity contribution >= 4 is 15.9 Å². The first-order valence-corrected chi connectivity index (χ1v) is 10.1. The zero-order chi connectivity index (χ0) is 18.1. The van der Waals surface area contributed by atoms with Crippen molar-refractivity contribution in [2.45, 2.75) is 18.8 Å². The van der Waals surface area contributed by atoms with E-state index in [2.05, 4.69) is 15.3 Å². The van der Waals surface area contributed by atoms with E-state index in [-0.39, 0.29) is 5.92 Å². The Morgan fingerprint density at radius 1 is 1.08 bits per heavy atom. The maximum atomic E-state index is 12.8. The van der Waals surface area contributed by atoms with Crippen LogP contribution in [0.2, 0.25) is 0 Å². The number of morpholine rings is 1. The second-order valence-corrected chi connectivity index (χ2v) is 8.32. The van der Waals surface area contributed by atoms with E-state index in [1.165, 1.54) is 4.31 Å². The Morgan fingerprint density at radius 2 is 1.77 bits per heavy atom. The van der Waals surface area contributed by atoms with Crippen molar-refractivity contribution in [2.75, 3.05) is 46.5 Å². The van der Waals surface area contributed by atoms with Crippen LogP contribution in [0.25, 0.3) is 5.65 Å². The third-order valence-corrected chi connectivity index (χ3v) is 6.95. The van der Waals surface area contributed by atoms with Crippen molar-refractivity contribution in [2.24, 2.45) is 0 Å². The summed E-state index contributed by atoms with van der Waals surface area (Å²) in [7, 11) is -1.86. The normalized spacial score (nSPS) is 21.3. The molecule has 2 aromatic rings. The van der Waals surface area contributed by atoms with E-state index in [0.29, 0.717) is 63.8 Å². The van der Waals surface area contributed by atoms with Crippen molar-refractivity contribution in [3.63, 3.8) is 0 Å². The quantitative estimate of drug-likeness (QED) is 0.727. The molecule has 2 aliphatic rings. The predicted octanol–water partition coefficient (Wildman–Crippen LogP) is -0.111. The van der Waals surface area contributed by atoms with Crippen molar-refractivity contribution in [3.05, 3.63) is 18.0 Å². The van der Waals surface area contributed by atoms with Gasteiger partial charge in [-0.3, -0.25) is 0 Å². The molecule has 0 radical (unpaired) electrons. The molecule has 0 amide bonds. The topological polar surface area (TPSA) is 102 Å². The fourth-order valence-electron chi connectivity index (χ4n) is 3.44. The third kappa shape index (κ3) is 3.15. The van der Waals surface area contributed by atoms with Crippen molar-refractivity contribution < 1.29 is 17.9 Å². The Labute approximate surface area is 151 Å². The number of ether oxygens (including phenoxy) is 2. The molecular formula is C15H22N6O4S. The molecule has 2 aromatic heterocycles. The fourth-order valence-corrected chi connectivity index (χ4v) is 5.05. The molecule has 2 saturated heterocycles. The first-order chi connectivity index (χ1) is 12.6. The number of nitrogens with zero attached hydrogens (tertiary/aromatic N) is 6. The van der Waals surface area contributed by atoms with Crippen LogP contribution in [-0.4, -0.2) is 83.3 Å². The van der Waals surface area contributed by atoms with Crippen LogP contribution >= 0.6 is 0 Å². The zero-order valence-electron chi connectivity index (χ0n) is 14.6. The van der Waals surface area contributed by atoms with Crippen LogP contribution in [0.4, 0.5) is 0 Å². The number of aromatic nitrogens is 4. The molecule has 10 nitrogen and oxygen atoms in total. The van der Waals surface area contributed by atoms with E-state index in [1.807, 2.05) is 0 Å². The van der Waals surface area contributed by atoms with Gasteiger partial charge in [-0.1, -0.05) is 0 Å². The summed E-state index contributed by atoms with van der Waals surface area (Å²) in [5, 5.41) is 12.8. The van der Waals surface area contributed by atoms with E-state index in [4.69, 9.17) is 9.47 Å². The fraction of sp³-hybridized carbons (Fsp3) is 0.667. The van der Waals surface area contributed by atoms with Gasteiger partial charge in [0, 0.05) is 38.2 Å². The summed E-state index contributed by atoms with van der Waals surface area (Å²) in [4.78, 5) is 0. The molecule has 142 valence electrons. The maximum Gasteiger partial charge on any atom is 0.282 e. The van der Waals surface area contributed by atoms with E-state index in [9.17, 15) is 8.42 Å². The van der Waals surface area contributed by atoms with Crippen LogP contribution in [0.5, 0.6) is 5.88 Å². The average Bonchev–Trinajstić information content (AvgIpc) is 3.12. The van der Waals surface area contributed by atoms with Gasteiger partial charge in [0.1, 0.15) is 0 Å². The van der Waals surface area contributed by atoms with E-state index in [1.54, 1.807) is 28.1 Å². The largest absolute Gasteiger partial charge is 0.480 e. The minimum absolute atomic E-state index is 0.112. The van der Waals surface area contributed by atoms with E-state index >= 15 is 0 Å². The SMILES string of the molecule is COc1ccc2nnc(C3CCN(S(=O)(=O)N4CCOCC4)CC3)n2n1. The molecule has 2 fully saturated rings. The smallest absolute Gasteiger partial charge is 0.282 e. The van der Waals surface area contributed by atoms with Gasteiger partial charge in [-0.15, -0.1) is 15.3 Å². The van der Waals surface area contributed by atoms with Gasteiger partial charge in [0.25, 0.3) is 10.2 Å². The van der Waals surface area contributed by atoms with Crippen molar-refractivity contribution in [3.8, 4) is 5.88 Å². The average molecular weight is 382 g/mol. The Bertz CT molecular complexity index is 871. The van der Waals surface area contributed by atoms with Crippen LogP contribution in [0.1, 0.15) is 24.6 Å². The lowest BCUT2D eigenvalue weighted by Gasteiger charge is -2.35. The molecule has 0 aromatic carbocycles. The summed E-state index contributed by atoms with van der Waals surface area (Å²) in [5.74, 6) is 1.36. The lowest BCUT2D eigenvalue weighted by atomic mass is 9.97. The first-order valence-electron chi connectivity index (χ1n) is 8.69. The van der Waals surface area contributed by atoms with Crippen LogP contribution in [0.15, 0.2) is 12.1 Å². The molecule has 0 aliphatic carbocycles. The Kier molecular flexibility index (Phi) is 4.78. The van der Waals surface area contributed by atoms with Crippen LogP contribution in [0.3, 0.4) is 0 Å². The highest BCUT2D eigenvalue weighted by Gasteiger charge is 2.35. The van der Waals surface area contributed by atoms with E-state index in [0.717, 1.165) is 5.82 Å². The van der Waals surface area contributed by atoms with Gasteiger partial charge in [-0.05, 0) is 18.9 Å².